The molecule has 0 saturated carbocycles. The molecular formula is C13H16N2O. The predicted octanol–water partition coefficient (Wildman–Crippen LogP) is 2.09. The quantitative estimate of drug-likeness (QED) is 0.742. The van der Waals surface area contributed by atoms with Crippen LogP contribution in [0.15, 0.2) is 30.3 Å². The van der Waals surface area contributed by atoms with Crippen LogP contribution in [0.25, 0.3) is 0 Å². The van der Waals surface area contributed by atoms with Gasteiger partial charge in [0.25, 0.3) is 0 Å². The Bertz CT molecular complexity index is 390. The van der Waals surface area contributed by atoms with Crippen molar-refractivity contribution in [3.63, 3.8) is 0 Å². The Morgan fingerprint density at radius 1 is 1.25 bits per heavy atom. The molecule has 0 spiro atoms. The topological polar surface area (TPSA) is 23.6 Å². The minimum Gasteiger partial charge on any atom is -0.323 e. The van der Waals surface area contributed by atoms with Gasteiger partial charge < -0.3 is 9.80 Å². The molecule has 2 fully saturated rings. The van der Waals surface area contributed by atoms with E-state index < -0.39 is 0 Å². The van der Waals surface area contributed by atoms with Crippen molar-refractivity contribution in [3.05, 3.63) is 35.9 Å². The SMILES string of the molecule is O=C1N2CCCC(C2)N1Cc1ccccc1. The Balaban J connectivity index is 1.78. The van der Waals surface area contributed by atoms with E-state index in [9.17, 15) is 4.79 Å². The monoisotopic (exact) mass is 216 g/mol. The van der Waals surface area contributed by atoms with E-state index >= 15 is 0 Å². The zero-order valence-electron chi connectivity index (χ0n) is 9.30. The molecule has 0 aliphatic carbocycles. The number of fused-ring (bicyclic) bond motifs is 2. The third kappa shape index (κ3) is 1.56. The van der Waals surface area contributed by atoms with E-state index in [1.165, 1.54) is 5.56 Å². The fraction of sp³-hybridized carbons (Fsp3) is 0.462. The second kappa shape index (κ2) is 3.81. The molecular weight excluding hydrogens is 200 g/mol. The highest BCUT2D eigenvalue weighted by Crippen LogP contribution is 2.26. The smallest absolute Gasteiger partial charge is 0.320 e. The van der Waals surface area contributed by atoms with Gasteiger partial charge in [-0.15, -0.1) is 0 Å². The lowest BCUT2D eigenvalue weighted by molar-refractivity contribution is 0.190. The van der Waals surface area contributed by atoms with Gasteiger partial charge in [0.1, 0.15) is 0 Å². The van der Waals surface area contributed by atoms with Crippen LogP contribution in [0.1, 0.15) is 18.4 Å². The fourth-order valence-electron chi connectivity index (χ4n) is 2.70. The third-order valence-electron chi connectivity index (χ3n) is 3.55. The Morgan fingerprint density at radius 2 is 2.06 bits per heavy atom. The summed E-state index contributed by atoms with van der Waals surface area (Å²) >= 11 is 0. The molecule has 2 bridgehead atoms. The van der Waals surface area contributed by atoms with E-state index in [2.05, 4.69) is 12.1 Å². The number of piperidine rings is 1. The Kier molecular flexibility index (Phi) is 2.31. The van der Waals surface area contributed by atoms with Crippen LogP contribution >= 0.6 is 0 Å². The molecule has 0 radical (unpaired) electrons. The third-order valence-corrected chi connectivity index (χ3v) is 3.55. The van der Waals surface area contributed by atoms with Gasteiger partial charge >= 0.3 is 6.03 Å². The van der Waals surface area contributed by atoms with Crippen LogP contribution in [0.4, 0.5) is 4.79 Å². The number of amides is 2. The Morgan fingerprint density at radius 3 is 2.81 bits per heavy atom. The molecule has 0 N–H and O–H groups in total. The summed E-state index contributed by atoms with van der Waals surface area (Å²) in [5.74, 6) is 0. The van der Waals surface area contributed by atoms with Crippen molar-refractivity contribution >= 4 is 6.03 Å². The minimum atomic E-state index is 0.228. The van der Waals surface area contributed by atoms with Crippen LogP contribution in [-0.2, 0) is 6.54 Å². The summed E-state index contributed by atoms with van der Waals surface area (Å²) in [6.45, 7) is 2.65. The molecule has 16 heavy (non-hydrogen) atoms. The molecule has 2 aliphatic heterocycles. The Labute approximate surface area is 95.7 Å². The van der Waals surface area contributed by atoms with Crippen LogP contribution in [0.2, 0.25) is 0 Å². The molecule has 3 heteroatoms. The van der Waals surface area contributed by atoms with E-state index in [1.54, 1.807) is 0 Å². The highest BCUT2D eigenvalue weighted by atomic mass is 16.2. The molecule has 1 atom stereocenters. The van der Waals surface area contributed by atoms with Crippen molar-refractivity contribution in [2.75, 3.05) is 13.1 Å². The number of nitrogens with zero attached hydrogens (tertiary/aromatic N) is 2. The minimum absolute atomic E-state index is 0.228. The second-order valence-electron chi connectivity index (χ2n) is 4.64. The first kappa shape index (κ1) is 9.70. The van der Waals surface area contributed by atoms with E-state index in [0.29, 0.717) is 6.04 Å². The van der Waals surface area contributed by atoms with Crippen LogP contribution in [0, 0.1) is 0 Å². The lowest BCUT2D eigenvalue weighted by Crippen LogP contribution is -2.32. The lowest BCUT2D eigenvalue weighted by atomic mass is 10.1. The van der Waals surface area contributed by atoms with Crippen LogP contribution < -0.4 is 0 Å². The number of hydrogen-bond acceptors (Lipinski definition) is 1. The highest BCUT2D eigenvalue weighted by molar-refractivity contribution is 5.77. The molecule has 1 aromatic carbocycles. The van der Waals surface area contributed by atoms with Crippen molar-refractivity contribution in [2.45, 2.75) is 25.4 Å². The van der Waals surface area contributed by atoms with Crippen LogP contribution in [-0.4, -0.2) is 35.0 Å². The number of benzene rings is 1. The maximum Gasteiger partial charge on any atom is 0.320 e. The van der Waals surface area contributed by atoms with Crippen molar-refractivity contribution in [2.24, 2.45) is 0 Å². The second-order valence-corrected chi connectivity index (χ2v) is 4.64. The summed E-state index contributed by atoms with van der Waals surface area (Å²) in [4.78, 5) is 16.1. The van der Waals surface area contributed by atoms with Crippen LogP contribution in [0.5, 0.6) is 0 Å². The maximum atomic E-state index is 12.0. The van der Waals surface area contributed by atoms with Gasteiger partial charge in [-0.1, -0.05) is 30.3 Å². The molecule has 3 rings (SSSR count). The zero-order chi connectivity index (χ0) is 11.0. The summed E-state index contributed by atoms with van der Waals surface area (Å²) in [7, 11) is 0. The summed E-state index contributed by atoms with van der Waals surface area (Å²) in [5.41, 5.74) is 1.23. The summed E-state index contributed by atoms with van der Waals surface area (Å²) < 4.78 is 0. The van der Waals surface area contributed by atoms with Gasteiger partial charge in [-0.3, -0.25) is 0 Å². The Hall–Kier alpha value is -1.51. The number of rotatable bonds is 2. The largest absolute Gasteiger partial charge is 0.323 e. The number of urea groups is 1. The van der Waals surface area contributed by atoms with Gasteiger partial charge in [0.05, 0.1) is 6.04 Å². The van der Waals surface area contributed by atoms with Crippen molar-refractivity contribution in [3.8, 4) is 0 Å². The van der Waals surface area contributed by atoms with Gasteiger partial charge in [-0.2, -0.15) is 0 Å². The normalized spacial score (nSPS) is 24.0. The molecule has 2 amide bonds. The van der Waals surface area contributed by atoms with E-state index in [4.69, 9.17) is 0 Å². The molecule has 2 saturated heterocycles. The van der Waals surface area contributed by atoms with E-state index in [-0.39, 0.29) is 6.03 Å². The first-order valence-corrected chi connectivity index (χ1v) is 5.94. The van der Waals surface area contributed by atoms with Crippen LogP contribution in [0.3, 0.4) is 0 Å². The fourth-order valence-corrected chi connectivity index (χ4v) is 2.70. The summed E-state index contributed by atoms with van der Waals surface area (Å²) in [6.07, 6.45) is 2.32. The molecule has 3 nitrogen and oxygen atoms in total. The summed E-state index contributed by atoms with van der Waals surface area (Å²) in [5, 5.41) is 0. The average molecular weight is 216 g/mol. The van der Waals surface area contributed by atoms with Crippen molar-refractivity contribution < 1.29 is 4.79 Å². The molecule has 0 aromatic heterocycles. The first-order chi connectivity index (χ1) is 7.84. The molecule has 1 unspecified atom stereocenters. The predicted molar refractivity (Wildman–Crippen MR) is 62.0 cm³/mol. The lowest BCUT2D eigenvalue weighted by Gasteiger charge is -2.22. The molecule has 2 heterocycles. The molecule has 2 aliphatic rings. The van der Waals surface area contributed by atoms with E-state index in [0.717, 1.165) is 32.5 Å². The van der Waals surface area contributed by atoms with Gasteiger partial charge in [-0.05, 0) is 18.4 Å². The standard InChI is InChI=1S/C13H16N2O/c16-13-14-8-4-7-12(10-14)15(13)9-11-5-2-1-3-6-11/h1-3,5-6,12H,4,7-10H2. The van der Waals surface area contributed by atoms with Gasteiger partial charge in [0.2, 0.25) is 0 Å². The van der Waals surface area contributed by atoms with Gasteiger partial charge in [0.15, 0.2) is 0 Å². The summed E-state index contributed by atoms with van der Waals surface area (Å²) in [6, 6.07) is 10.9. The molecule has 84 valence electrons. The van der Waals surface area contributed by atoms with Crippen molar-refractivity contribution in [1.29, 1.82) is 0 Å². The molecule has 1 aromatic rings. The maximum absolute atomic E-state index is 12.0. The van der Waals surface area contributed by atoms with Gasteiger partial charge in [-0.25, -0.2) is 4.79 Å². The highest BCUT2D eigenvalue weighted by Gasteiger charge is 2.39. The average Bonchev–Trinajstić information content (AvgIpc) is 2.55. The number of carbonyl (C=O) groups excluding carboxylic acids is 1. The van der Waals surface area contributed by atoms with E-state index in [1.807, 2.05) is 28.0 Å². The first-order valence-electron chi connectivity index (χ1n) is 5.94. The van der Waals surface area contributed by atoms with Crippen molar-refractivity contribution in [1.82, 2.24) is 9.80 Å². The zero-order valence-corrected chi connectivity index (χ0v) is 9.30. The number of hydrogen-bond donors (Lipinski definition) is 0. The number of carbonyl (C=O) groups is 1. The van der Waals surface area contributed by atoms with Gasteiger partial charge in [0, 0.05) is 19.6 Å².